The highest BCUT2D eigenvalue weighted by molar-refractivity contribution is 5.93. The fourth-order valence-electron chi connectivity index (χ4n) is 2.79. The van der Waals surface area contributed by atoms with Crippen LogP contribution in [0.2, 0.25) is 0 Å². The van der Waals surface area contributed by atoms with E-state index in [1.165, 1.54) is 5.57 Å². The third-order valence-electron chi connectivity index (χ3n) is 3.56. The number of hydrogen-bond donors (Lipinski definition) is 3. The van der Waals surface area contributed by atoms with E-state index in [9.17, 15) is 9.90 Å². The fourth-order valence-corrected chi connectivity index (χ4v) is 2.79. The Hall–Kier alpha value is -1.91. The van der Waals surface area contributed by atoms with Crippen molar-refractivity contribution in [1.29, 1.82) is 0 Å². The molecule has 0 amide bonds. The Morgan fingerprint density at radius 1 is 1.53 bits per heavy atom. The predicted molar refractivity (Wildman–Crippen MR) is 62.5 cm³/mol. The molecule has 3 aliphatic rings. The maximum atomic E-state index is 11.3. The topological polar surface area (TPSA) is 64.6 Å². The van der Waals surface area contributed by atoms with Crippen LogP contribution in [0, 0.1) is 0 Å². The number of nitrogens with zero attached hydrogens (tertiary/aromatic N) is 1. The number of rotatable bonds is 1. The lowest BCUT2D eigenvalue weighted by molar-refractivity contribution is -0.132. The number of hydrazine groups is 1. The van der Waals surface area contributed by atoms with Crippen LogP contribution in [0.3, 0.4) is 0 Å². The summed E-state index contributed by atoms with van der Waals surface area (Å²) in [5.41, 5.74) is 6.69. The highest BCUT2D eigenvalue weighted by Crippen LogP contribution is 2.37. The molecule has 1 unspecified atom stereocenters. The minimum absolute atomic E-state index is 0.143. The Balaban J connectivity index is 2.14. The molecule has 0 fully saturated rings. The Morgan fingerprint density at radius 2 is 2.35 bits per heavy atom. The number of likely N-dealkylation sites (N-methyl/N-ethyl adjacent to an activating group) is 1. The van der Waals surface area contributed by atoms with E-state index in [-0.39, 0.29) is 6.04 Å². The fraction of sp³-hybridized carbons (Fsp3) is 0.417. The summed E-state index contributed by atoms with van der Waals surface area (Å²) in [7, 11) is 1.92. The summed E-state index contributed by atoms with van der Waals surface area (Å²) in [5.74, 6) is -0.857. The number of carbonyl (C=O) groups is 1. The highest BCUT2D eigenvalue weighted by Gasteiger charge is 2.35. The number of carboxylic acid groups (broad SMARTS) is 1. The molecule has 3 rings (SSSR count). The number of nitrogens with one attached hydrogen (secondary N) is 2. The Morgan fingerprint density at radius 3 is 3.12 bits per heavy atom. The minimum atomic E-state index is -0.857. The van der Waals surface area contributed by atoms with Crippen molar-refractivity contribution in [1.82, 2.24) is 15.8 Å². The normalized spacial score (nSPS) is 26.4. The van der Waals surface area contributed by atoms with Crippen molar-refractivity contribution in [2.75, 3.05) is 7.05 Å². The molecule has 2 aliphatic heterocycles. The second kappa shape index (κ2) is 3.55. The van der Waals surface area contributed by atoms with Gasteiger partial charge in [0.15, 0.2) is 0 Å². The van der Waals surface area contributed by atoms with Crippen LogP contribution in [0.25, 0.3) is 0 Å². The number of allylic oxidation sites excluding steroid dienone is 1. The van der Waals surface area contributed by atoms with Gasteiger partial charge in [-0.05, 0) is 24.8 Å². The van der Waals surface area contributed by atoms with Crippen LogP contribution in [-0.2, 0) is 4.79 Å². The second-order valence-electron chi connectivity index (χ2n) is 4.59. The van der Waals surface area contributed by atoms with E-state index >= 15 is 0 Å². The standard InChI is InChI=1S/C12H15N3O2/c1-15-11-7(5-14-15)3-2-4-9-10(11)8(6-13-9)12(16)17/h5-6,9,13-14H,2-4H2,1H3,(H,16,17). The molecule has 0 radical (unpaired) electrons. The van der Waals surface area contributed by atoms with E-state index in [2.05, 4.69) is 10.7 Å². The van der Waals surface area contributed by atoms with Crippen LogP contribution < -0.4 is 10.7 Å². The molecule has 0 spiro atoms. The maximum Gasteiger partial charge on any atom is 0.337 e. The Labute approximate surface area is 99.5 Å². The molecule has 0 saturated heterocycles. The van der Waals surface area contributed by atoms with Gasteiger partial charge in [-0.1, -0.05) is 0 Å². The third-order valence-corrected chi connectivity index (χ3v) is 3.56. The van der Waals surface area contributed by atoms with Crippen molar-refractivity contribution >= 4 is 5.97 Å². The lowest BCUT2D eigenvalue weighted by Gasteiger charge is -2.20. The van der Waals surface area contributed by atoms with Crippen LogP contribution in [0.5, 0.6) is 0 Å². The first-order chi connectivity index (χ1) is 8.18. The molecule has 17 heavy (non-hydrogen) atoms. The molecule has 2 heterocycles. The molecule has 90 valence electrons. The van der Waals surface area contributed by atoms with Crippen molar-refractivity contribution in [3.8, 4) is 0 Å². The summed E-state index contributed by atoms with van der Waals surface area (Å²) in [5, 5.41) is 14.3. The van der Waals surface area contributed by atoms with Crippen molar-refractivity contribution in [2.45, 2.75) is 25.3 Å². The first kappa shape index (κ1) is 10.3. The Bertz CT molecular complexity index is 476. The molecule has 0 aromatic carbocycles. The second-order valence-corrected chi connectivity index (χ2v) is 4.59. The van der Waals surface area contributed by atoms with Crippen molar-refractivity contribution < 1.29 is 9.90 Å². The van der Waals surface area contributed by atoms with E-state index in [1.54, 1.807) is 6.20 Å². The van der Waals surface area contributed by atoms with E-state index in [1.807, 2.05) is 18.3 Å². The van der Waals surface area contributed by atoms with E-state index in [0.717, 1.165) is 30.5 Å². The molecule has 0 saturated carbocycles. The van der Waals surface area contributed by atoms with Gasteiger partial charge in [0.1, 0.15) is 0 Å². The predicted octanol–water partition coefficient (Wildman–Crippen LogP) is 0.699. The average molecular weight is 233 g/mol. The van der Waals surface area contributed by atoms with Gasteiger partial charge < -0.3 is 15.8 Å². The largest absolute Gasteiger partial charge is 0.478 e. The number of aliphatic carboxylic acids is 1. The summed E-state index contributed by atoms with van der Waals surface area (Å²) in [6, 6.07) is 0.143. The van der Waals surface area contributed by atoms with Crippen LogP contribution in [-0.4, -0.2) is 29.2 Å². The lowest BCUT2D eigenvalue weighted by atomic mass is 9.98. The quantitative estimate of drug-likeness (QED) is 0.622. The summed E-state index contributed by atoms with van der Waals surface area (Å²) in [4.78, 5) is 11.3. The molecule has 0 bridgehead atoms. The zero-order chi connectivity index (χ0) is 12.0. The summed E-state index contributed by atoms with van der Waals surface area (Å²) in [6.45, 7) is 0. The highest BCUT2D eigenvalue weighted by atomic mass is 16.4. The molecule has 5 nitrogen and oxygen atoms in total. The van der Waals surface area contributed by atoms with E-state index in [4.69, 9.17) is 0 Å². The van der Waals surface area contributed by atoms with Gasteiger partial charge in [0, 0.05) is 25.0 Å². The number of carboxylic acids is 1. The van der Waals surface area contributed by atoms with E-state index in [0.29, 0.717) is 5.57 Å². The van der Waals surface area contributed by atoms with Gasteiger partial charge >= 0.3 is 5.97 Å². The summed E-state index contributed by atoms with van der Waals surface area (Å²) >= 11 is 0. The van der Waals surface area contributed by atoms with Gasteiger partial charge in [0.25, 0.3) is 0 Å². The van der Waals surface area contributed by atoms with Crippen molar-refractivity contribution in [3.05, 3.63) is 34.8 Å². The zero-order valence-corrected chi connectivity index (χ0v) is 9.66. The smallest absolute Gasteiger partial charge is 0.337 e. The minimum Gasteiger partial charge on any atom is -0.478 e. The summed E-state index contributed by atoms with van der Waals surface area (Å²) < 4.78 is 0. The van der Waals surface area contributed by atoms with Crippen molar-refractivity contribution in [3.63, 3.8) is 0 Å². The number of hydrogen-bond acceptors (Lipinski definition) is 4. The maximum absolute atomic E-state index is 11.3. The summed E-state index contributed by atoms with van der Waals surface area (Å²) in [6.07, 6.45) is 6.66. The van der Waals surface area contributed by atoms with Gasteiger partial charge in [-0.15, -0.1) is 0 Å². The van der Waals surface area contributed by atoms with Gasteiger partial charge in [-0.25, -0.2) is 4.79 Å². The van der Waals surface area contributed by atoms with Crippen LogP contribution in [0.15, 0.2) is 34.8 Å². The van der Waals surface area contributed by atoms with Crippen molar-refractivity contribution in [2.24, 2.45) is 0 Å². The molecule has 5 heteroatoms. The molecule has 1 atom stereocenters. The first-order valence-electron chi connectivity index (χ1n) is 5.82. The third kappa shape index (κ3) is 1.42. The van der Waals surface area contributed by atoms with Crippen LogP contribution in [0.4, 0.5) is 0 Å². The average Bonchev–Trinajstić information content (AvgIpc) is 2.79. The molecule has 0 aromatic rings. The zero-order valence-electron chi connectivity index (χ0n) is 9.66. The number of fused-ring (bicyclic) bond motifs is 2. The monoisotopic (exact) mass is 233 g/mol. The molecule has 1 aliphatic carbocycles. The van der Waals surface area contributed by atoms with Crippen LogP contribution in [0.1, 0.15) is 19.3 Å². The van der Waals surface area contributed by atoms with Gasteiger partial charge in [-0.3, -0.25) is 5.01 Å². The SMILES string of the molecule is CN1NC=C2CCCC3NC=C(C(=O)O)C3=C21. The molecule has 3 N–H and O–H groups in total. The van der Waals surface area contributed by atoms with Gasteiger partial charge in [-0.2, -0.15) is 0 Å². The van der Waals surface area contributed by atoms with Crippen LogP contribution >= 0.6 is 0 Å². The van der Waals surface area contributed by atoms with Gasteiger partial charge in [0.2, 0.25) is 0 Å². The molecule has 0 aromatic heterocycles. The lowest BCUT2D eigenvalue weighted by Crippen LogP contribution is -2.29. The Kier molecular flexibility index (Phi) is 2.14. The van der Waals surface area contributed by atoms with E-state index < -0.39 is 5.97 Å². The molecular formula is C12H15N3O2. The first-order valence-corrected chi connectivity index (χ1v) is 5.82. The van der Waals surface area contributed by atoms with Gasteiger partial charge in [0.05, 0.1) is 17.3 Å². The molecular weight excluding hydrogens is 218 g/mol.